The number of aryl methyl sites for hydroxylation is 4. The standard InChI is InChI=1S/C14H17NO.C13H17N.C12H16N2.C12H14O.C11H21N.C9H9N.C8H18N2O2S.C8H16N2O.C6H14N2O2S.C4H10.9C2H6/c1-14(2,3)13-9-12(16)10-7-5-6-8-11(10)15(13)4;1-13(2,3)12-9-10-7-5-6-8-11(10)14(12)4;1-12(2,3)10-8-9-6-5-7-13-11(9)14(10)4;1-12(2,3)11-8-9-6-4-5-7-10(9)13-11;1-11(2,3)12-7-9-5-4-6-10(9)8-12;1-10-7-6-8-4-2-3-5-9(8)10;1-8(2,3)10-6-5-9(4)13(11,12)7-10;1-8(2,3)10-6-5-9(4)7(10)11;1-6(2)8-5-4-7(3)11(8,9)10;1-4(2)3;9*1-2/h5-9H,1-4H3;5-9H,1-4H3;5-8H,1-4H3;4-8H,1-3H3;9-10H,4-8H2,1-3H3;2-7H,1H3;5-7H2,1-4H3;5-6H2,1-4H3;6H,4-5H2,1-3H3;4H,1-3H3;9*1-2H3. The zero-order chi connectivity index (χ0) is 107. The first-order valence-corrected chi connectivity index (χ1v) is 54.5. The van der Waals surface area contributed by atoms with Crippen molar-refractivity contribution in [2.45, 2.75) is 368 Å². The Kier molecular flexibility index (Phi) is 63.3. The normalized spacial score (nSPS) is 16.1. The second-order valence-electron chi connectivity index (χ2n) is 40.6. The quantitative estimate of drug-likeness (QED) is 0.154. The van der Waals surface area contributed by atoms with E-state index in [1.54, 1.807) is 25.1 Å². The number of hydrogen-bond donors (Lipinski definition) is 0. The number of aromatic nitrogens is 5. The van der Waals surface area contributed by atoms with Crippen LogP contribution in [0.5, 0.6) is 0 Å². The van der Waals surface area contributed by atoms with Gasteiger partial charge in [-0.1, -0.05) is 302 Å². The molecule has 1 aliphatic carbocycles. The number of sulfonamides is 1. The van der Waals surface area contributed by atoms with Gasteiger partial charge in [-0.2, -0.15) is 17.0 Å². The first-order valence-electron chi connectivity index (χ1n) is 51.5. The predicted molar refractivity (Wildman–Crippen MR) is 602 cm³/mol. The lowest BCUT2D eigenvalue weighted by molar-refractivity contribution is 0.140. The van der Waals surface area contributed by atoms with Crippen molar-refractivity contribution in [2.24, 2.45) is 45.9 Å². The van der Waals surface area contributed by atoms with E-state index in [4.69, 9.17) is 4.42 Å². The Hall–Kier alpha value is -7.63. The van der Waals surface area contributed by atoms with Gasteiger partial charge in [0.2, 0.25) is 10.0 Å². The van der Waals surface area contributed by atoms with Gasteiger partial charge >= 0.3 is 6.03 Å². The Labute approximate surface area is 836 Å². The first kappa shape index (κ1) is 135. The fourth-order valence-corrected chi connectivity index (χ4v) is 18.1. The molecule has 21 heteroatoms. The highest BCUT2D eigenvalue weighted by atomic mass is 32.2. The van der Waals surface area contributed by atoms with E-state index in [1.807, 2.05) is 238 Å². The van der Waals surface area contributed by atoms with Crippen LogP contribution in [-0.4, -0.2) is 181 Å². The van der Waals surface area contributed by atoms with Crippen LogP contribution in [0.1, 0.15) is 347 Å². The Morgan fingerprint density at radius 2 is 0.794 bits per heavy atom. The monoisotopic (exact) mass is 1930 g/mol. The second-order valence-corrected chi connectivity index (χ2v) is 44.6. The molecule has 1 saturated carbocycles. The predicted octanol–water partition coefficient (Wildman–Crippen LogP) is 29.9. The second kappa shape index (κ2) is 63.9. The molecule has 0 N–H and O–H groups in total. The molecule has 780 valence electrons. The number of rotatable bonds is 1. The molecule has 4 aliphatic heterocycles. The van der Waals surface area contributed by atoms with Crippen LogP contribution >= 0.6 is 0 Å². The minimum Gasteiger partial charge on any atom is -0.461 e. The summed E-state index contributed by atoms with van der Waals surface area (Å²) in [6.07, 6.45) is 8.40. The number of likely N-dealkylation sites (tertiary alicyclic amines) is 1. The third kappa shape index (κ3) is 43.2. The molecule has 6 aromatic heterocycles. The third-order valence-corrected chi connectivity index (χ3v) is 26.1. The van der Waals surface area contributed by atoms with Crippen molar-refractivity contribution in [1.82, 2.24) is 55.8 Å². The molecule has 0 radical (unpaired) electrons. The van der Waals surface area contributed by atoms with Gasteiger partial charge in [0.15, 0.2) is 5.43 Å². The van der Waals surface area contributed by atoms with Crippen molar-refractivity contribution in [3.05, 3.63) is 185 Å². The summed E-state index contributed by atoms with van der Waals surface area (Å²) in [6, 6.07) is 47.6. The average molecular weight is 1930 g/mol. The van der Waals surface area contributed by atoms with E-state index in [2.05, 4.69) is 286 Å². The fraction of sp³-hybridized carbons (Fsp3) is 0.643. The topological polar surface area (TPSA) is 171 Å². The molecule has 2 atom stereocenters. The number of furan rings is 1. The summed E-state index contributed by atoms with van der Waals surface area (Å²) in [7, 11) is 7.25. The van der Waals surface area contributed by atoms with Crippen LogP contribution in [0.15, 0.2) is 161 Å². The Bertz CT molecular complexity index is 5040. The van der Waals surface area contributed by atoms with Crippen molar-refractivity contribution in [1.29, 1.82) is 0 Å². The highest BCUT2D eigenvalue weighted by Crippen LogP contribution is 2.40. The number of hydrogen-bond acceptors (Lipinski definition) is 10. The maximum atomic E-state index is 12.0. The molecule has 0 bridgehead atoms. The number of amides is 2. The molecule has 10 aromatic rings. The number of carbonyl (C=O) groups is 1. The summed E-state index contributed by atoms with van der Waals surface area (Å²) >= 11 is 0. The van der Waals surface area contributed by atoms with Gasteiger partial charge in [0.25, 0.3) is 10.2 Å². The Morgan fingerprint density at radius 3 is 1.18 bits per heavy atom. The Balaban J connectivity index is -0.000000703. The highest BCUT2D eigenvalue weighted by molar-refractivity contribution is 7.89. The van der Waals surface area contributed by atoms with E-state index >= 15 is 0 Å². The molecule has 4 aromatic carbocycles. The zero-order valence-corrected chi connectivity index (χ0v) is 98.4. The summed E-state index contributed by atoms with van der Waals surface area (Å²) in [5.41, 5.74) is 10.3. The van der Waals surface area contributed by atoms with E-state index in [0.717, 1.165) is 71.0 Å². The molecule has 5 aliphatic rings. The van der Waals surface area contributed by atoms with Gasteiger partial charge in [-0.25, -0.2) is 22.5 Å². The van der Waals surface area contributed by atoms with Crippen LogP contribution in [0.25, 0.3) is 54.7 Å². The van der Waals surface area contributed by atoms with Gasteiger partial charge in [-0.3, -0.25) is 14.6 Å². The van der Waals surface area contributed by atoms with Crippen molar-refractivity contribution in [2.75, 3.05) is 79.4 Å². The molecule has 0 spiro atoms. The van der Waals surface area contributed by atoms with Crippen LogP contribution in [0.3, 0.4) is 0 Å². The van der Waals surface area contributed by atoms with Gasteiger partial charge in [-0.05, 0) is 184 Å². The number of likely N-dealkylation sites (N-methyl/N-ethyl adjacent to an activating group) is 3. The lowest BCUT2D eigenvalue weighted by Crippen LogP contribution is -2.54. The highest BCUT2D eigenvalue weighted by Gasteiger charge is 2.41. The van der Waals surface area contributed by atoms with Crippen LogP contribution in [0.4, 0.5) is 4.79 Å². The molecular weight excluding hydrogens is 1730 g/mol. The minimum atomic E-state index is -3.10. The van der Waals surface area contributed by atoms with E-state index < -0.39 is 20.2 Å². The lowest BCUT2D eigenvalue weighted by Gasteiger charge is -2.40. The number of carbonyl (C=O) groups excluding carboxylic acids is 1. The van der Waals surface area contributed by atoms with Gasteiger partial charge < -0.3 is 32.5 Å². The number of benzene rings is 4. The maximum Gasteiger partial charge on any atom is 0.320 e. The van der Waals surface area contributed by atoms with E-state index in [-0.39, 0.29) is 56.1 Å². The van der Waals surface area contributed by atoms with Gasteiger partial charge in [0.05, 0.1) is 5.52 Å². The van der Waals surface area contributed by atoms with Crippen LogP contribution in [0, 0.1) is 17.8 Å². The number of para-hydroxylation sites is 4. The molecule has 136 heavy (non-hydrogen) atoms. The Morgan fingerprint density at radius 1 is 0.390 bits per heavy atom. The van der Waals surface area contributed by atoms with Crippen molar-refractivity contribution < 1.29 is 26.0 Å². The zero-order valence-electron chi connectivity index (χ0n) is 96.8. The summed E-state index contributed by atoms with van der Waals surface area (Å²) in [5.74, 6) is 4.12. The molecule has 2 amide bonds. The largest absolute Gasteiger partial charge is 0.461 e. The van der Waals surface area contributed by atoms with Crippen molar-refractivity contribution >= 4 is 81.0 Å². The van der Waals surface area contributed by atoms with E-state index in [0.29, 0.717) is 25.2 Å². The lowest BCUT2D eigenvalue weighted by atomic mass is 9.90. The van der Waals surface area contributed by atoms with Crippen LogP contribution < -0.4 is 5.43 Å². The number of urea groups is 1. The molecule has 2 unspecified atom stereocenters. The summed E-state index contributed by atoms with van der Waals surface area (Å²) in [4.78, 5) is 36.1. The molecule has 15 rings (SSSR count). The molecule has 10 heterocycles. The van der Waals surface area contributed by atoms with Crippen molar-refractivity contribution in [3.63, 3.8) is 0 Å². The third-order valence-electron chi connectivity index (χ3n) is 22.2. The van der Waals surface area contributed by atoms with E-state index in [9.17, 15) is 26.4 Å². The number of pyridine rings is 2. The fourth-order valence-electron chi connectivity index (χ4n) is 15.1. The smallest absolute Gasteiger partial charge is 0.320 e. The average Bonchev–Trinajstić information content (AvgIpc) is 1.66. The minimum absolute atomic E-state index is 0.0159. The van der Waals surface area contributed by atoms with E-state index in [1.165, 1.54) is 89.2 Å². The van der Waals surface area contributed by atoms with Gasteiger partial charge in [0, 0.05) is 209 Å². The SMILES string of the molecule is CC.CC.CC.CC.CC.CC.CC.CC.CC.CC(C)(C)N1CC2CCCC2C1.CC(C)(C)c1cc2ccccc2o1.CC(C)C.CC(C)N1CCN(C)S1(=O)=O.CN1CCN(C(C)(C)C)C1=O.CN1CCN(C(C)(C)C)CS1(=O)=O.Cn1c(C(C)(C)C)cc(=O)c2ccccc21.Cn1c(C(C)(C)C)cc2ccccc21.Cn1c(C(C)(C)C)cc2cccnc21.Cn1ccc2ccccc21. The molecular formula is C115H206N12O7S2. The maximum absolute atomic E-state index is 12.0. The number of nitrogens with zero attached hydrogens (tertiary/aromatic N) is 12. The number of fused-ring (bicyclic) bond motifs is 6. The first-order chi connectivity index (χ1) is 63.3. The van der Waals surface area contributed by atoms with Crippen molar-refractivity contribution in [3.8, 4) is 0 Å². The molecule has 19 nitrogen and oxygen atoms in total. The molecule has 4 saturated heterocycles. The molecule has 5 fully saturated rings. The summed E-state index contributed by atoms with van der Waals surface area (Å²) in [6.45, 7) is 98.9. The van der Waals surface area contributed by atoms with Gasteiger partial charge in [0.1, 0.15) is 22.9 Å². The summed E-state index contributed by atoms with van der Waals surface area (Å²) in [5, 5.41) is 5.84. The summed E-state index contributed by atoms with van der Waals surface area (Å²) < 4.78 is 64.6. The van der Waals surface area contributed by atoms with Crippen LogP contribution in [0.2, 0.25) is 0 Å². The van der Waals surface area contributed by atoms with Gasteiger partial charge in [-0.15, -0.1) is 0 Å². The van der Waals surface area contributed by atoms with Crippen LogP contribution in [-0.2, 0) is 70.1 Å².